The van der Waals surface area contributed by atoms with Crippen molar-refractivity contribution >= 4 is 29.3 Å². The second kappa shape index (κ2) is 8.65. The number of carbonyl (C=O) groups excluding carboxylic acids is 1. The Labute approximate surface area is 141 Å². The van der Waals surface area contributed by atoms with Crippen molar-refractivity contribution in [1.82, 2.24) is 4.90 Å². The van der Waals surface area contributed by atoms with Gasteiger partial charge in [0.25, 0.3) is 5.91 Å². The lowest BCUT2D eigenvalue weighted by atomic mass is 10.1. The third-order valence-corrected chi connectivity index (χ3v) is 5.19. The maximum absolute atomic E-state index is 12.6. The summed E-state index contributed by atoms with van der Waals surface area (Å²) in [6.07, 6.45) is 2.89. The molecule has 0 radical (unpaired) electrons. The SMILES string of the molecule is CN(C(=O)c1ccc(OCCCN)c(Cl)c1)C1CCSCC1. The molecule has 0 bridgehead atoms. The molecule has 1 amide bonds. The summed E-state index contributed by atoms with van der Waals surface area (Å²) < 4.78 is 5.55. The zero-order valence-corrected chi connectivity index (χ0v) is 14.5. The van der Waals surface area contributed by atoms with Gasteiger partial charge < -0.3 is 15.4 Å². The summed E-state index contributed by atoms with van der Waals surface area (Å²) in [5.41, 5.74) is 6.04. The number of rotatable bonds is 6. The van der Waals surface area contributed by atoms with Crippen molar-refractivity contribution in [2.24, 2.45) is 5.73 Å². The lowest BCUT2D eigenvalue weighted by Crippen LogP contribution is -2.39. The van der Waals surface area contributed by atoms with Crippen molar-refractivity contribution in [1.29, 1.82) is 0 Å². The van der Waals surface area contributed by atoms with Crippen molar-refractivity contribution in [3.63, 3.8) is 0 Å². The molecule has 0 unspecified atom stereocenters. The molecule has 0 aromatic heterocycles. The number of thioether (sulfide) groups is 1. The van der Waals surface area contributed by atoms with Gasteiger partial charge in [0, 0.05) is 18.7 Å². The quantitative estimate of drug-likeness (QED) is 0.807. The number of nitrogens with zero attached hydrogens (tertiary/aromatic N) is 1. The van der Waals surface area contributed by atoms with E-state index in [-0.39, 0.29) is 5.91 Å². The Morgan fingerprint density at radius 1 is 1.45 bits per heavy atom. The van der Waals surface area contributed by atoms with Crippen molar-refractivity contribution in [3.8, 4) is 5.75 Å². The van der Waals surface area contributed by atoms with Gasteiger partial charge in [-0.15, -0.1) is 0 Å². The molecule has 0 atom stereocenters. The molecule has 0 spiro atoms. The Kier molecular flexibility index (Phi) is 6.86. The highest BCUT2D eigenvalue weighted by molar-refractivity contribution is 7.99. The highest BCUT2D eigenvalue weighted by Crippen LogP contribution is 2.27. The first-order chi connectivity index (χ1) is 10.6. The molecule has 1 heterocycles. The summed E-state index contributed by atoms with van der Waals surface area (Å²) in [4.78, 5) is 14.4. The van der Waals surface area contributed by atoms with Crippen LogP contribution in [0.4, 0.5) is 0 Å². The smallest absolute Gasteiger partial charge is 0.253 e. The monoisotopic (exact) mass is 342 g/mol. The second-order valence-electron chi connectivity index (χ2n) is 5.40. The molecular formula is C16H23ClN2O2S. The van der Waals surface area contributed by atoms with Gasteiger partial charge in [-0.05, 0) is 55.5 Å². The number of amides is 1. The van der Waals surface area contributed by atoms with E-state index in [1.807, 2.05) is 23.7 Å². The first-order valence-corrected chi connectivity index (χ1v) is 9.14. The summed E-state index contributed by atoms with van der Waals surface area (Å²) in [7, 11) is 1.88. The molecule has 1 saturated heterocycles. The summed E-state index contributed by atoms with van der Waals surface area (Å²) in [5.74, 6) is 2.86. The van der Waals surface area contributed by atoms with Crippen molar-refractivity contribution < 1.29 is 9.53 Å². The average Bonchev–Trinajstić information content (AvgIpc) is 2.56. The predicted octanol–water partition coefficient (Wildman–Crippen LogP) is 3.04. The van der Waals surface area contributed by atoms with Gasteiger partial charge in [-0.25, -0.2) is 0 Å². The van der Waals surface area contributed by atoms with Crippen molar-refractivity contribution in [2.45, 2.75) is 25.3 Å². The van der Waals surface area contributed by atoms with E-state index in [0.29, 0.717) is 35.5 Å². The van der Waals surface area contributed by atoms with Crippen LogP contribution in [0.2, 0.25) is 5.02 Å². The fraction of sp³-hybridized carbons (Fsp3) is 0.562. The summed E-state index contributed by atoms with van der Waals surface area (Å²) in [5, 5.41) is 0.468. The van der Waals surface area contributed by atoms with Gasteiger partial charge in [0.15, 0.2) is 0 Å². The molecule has 0 saturated carbocycles. The zero-order chi connectivity index (χ0) is 15.9. The summed E-state index contributed by atoms with van der Waals surface area (Å²) in [6, 6.07) is 5.56. The molecule has 2 rings (SSSR count). The lowest BCUT2D eigenvalue weighted by molar-refractivity contribution is 0.0723. The molecule has 4 nitrogen and oxygen atoms in total. The Bertz CT molecular complexity index is 507. The summed E-state index contributed by atoms with van der Waals surface area (Å²) >= 11 is 8.17. The molecule has 22 heavy (non-hydrogen) atoms. The molecule has 1 aliphatic rings. The largest absolute Gasteiger partial charge is 0.492 e. The van der Waals surface area contributed by atoms with Gasteiger partial charge in [-0.1, -0.05) is 11.6 Å². The fourth-order valence-corrected chi connectivity index (χ4v) is 3.77. The number of hydrogen-bond acceptors (Lipinski definition) is 4. The van der Waals surface area contributed by atoms with Crippen LogP contribution in [0.3, 0.4) is 0 Å². The maximum Gasteiger partial charge on any atom is 0.253 e. The van der Waals surface area contributed by atoms with Gasteiger partial charge in [0.05, 0.1) is 11.6 Å². The third-order valence-electron chi connectivity index (χ3n) is 3.84. The Hall–Kier alpha value is -0.910. The van der Waals surface area contributed by atoms with E-state index in [2.05, 4.69) is 0 Å². The van der Waals surface area contributed by atoms with Crippen LogP contribution in [0.1, 0.15) is 29.6 Å². The molecule has 0 aliphatic carbocycles. The Morgan fingerprint density at radius 2 is 2.18 bits per heavy atom. The van der Waals surface area contributed by atoms with E-state index in [0.717, 1.165) is 30.8 Å². The maximum atomic E-state index is 12.6. The first kappa shape index (κ1) is 17.4. The molecule has 1 fully saturated rings. The van der Waals surface area contributed by atoms with Crippen LogP contribution >= 0.6 is 23.4 Å². The molecule has 2 N–H and O–H groups in total. The normalized spacial score (nSPS) is 15.6. The van der Waals surface area contributed by atoms with Gasteiger partial charge in [-0.3, -0.25) is 4.79 Å². The molecular weight excluding hydrogens is 320 g/mol. The number of benzene rings is 1. The van der Waals surface area contributed by atoms with Crippen LogP contribution in [0.15, 0.2) is 18.2 Å². The van der Waals surface area contributed by atoms with Gasteiger partial charge in [-0.2, -0.15) is 11.8 Å². The first-order valence-electron chi connectivity index (χ1n) is 7.61. The number of hydrogen-bond donors (Lipinski definition) is 1. The minimum absolute atomic E-state index is 0.0207. The van der Waals surface area contributed by atoms with Crippen LogP contribution in [0, 0.1) is 0 Å². The Morgan fingerprint density at radius 3 is 2.82 bits per heavy atom. The number of carbonyl (C=O) groups is 1. The van der Waals surface area contributed by atoms with Gasteiger partial charge in [0.1, 0.15) is 5.75 Å². The van der Waals surface area contributed by atoms with E-state index in [4.69, 9.17) is 22.1 Å². The van der Waals surface area contributed by atoms with Crippen LogP contribution in [-0.4, -0.2) is 48.6 Å². The molecule has 6 heteroatoms. The fourth-order valence-electron chi connectivity index (χ4n) is 2.46. The van der Waals surface area contributed by atoms with E-state index in [1.54, 1.807) is 18.2 Å². The molecule has 1 aliphatic heterocycles. The minimum atomic E-state index is 0.0207. The molecule has 122 valence electrons. The van der Waals surface area contributed by atoms with Crippen molar-refractivity contribution in [3.05, 3.63) is 28.8 Å². The summed E-state index contributed by atoms with van der Waals surface area (Å²) in [6.45, 7) is 1.11. The van der Waals surface area contributed by atoms with Gasteiger partial charge >= 0.3 is 0 Å². The van der Waals surface area contributed by atoms with E-state index >= 15 is 0 Å². The molecule has 1 aromatic carbocycles. The highest BCUT2D eigenvalue weighted by atomic mass is 35.5. The van der Waals surface area contributed by atoms with Gasteiger partial charge in [0.2, 0.25) is 0 Å². The van der Waals surface area contributed by atoms with Crippen LogP contribution in [0.5, 0.6) is 5.75 Å². The van der Waals surface area contributed by atoms with E-state index in [9.17, 15) is 4.79 Å². The van der Waals surface area contributed by atoms with E-state index < -0.39 is 0 Å². The standard InChI is InChI=1S/C16H23ClN2O2S/c1-19(13-5-9-22-10-6-13)16(20)12-3-4-15(14(17)11-12)21-8-2-7-18/h3-4,11,13H,2,5-10,18H2,1H3. The Balaban J connectivity index is 2.01. The predicted molar refractivity (Wildman–Crippen MR) is 93.1 cm³/mol. The van der Waals surface area contributed by atoms with E-state index in [1.165, 1.54) is 0 Å². The topological polar surface area (TPSA) is 55.6 Å². The number of ether oxygens (including phenoxy) is 1. The average molecular weight is 343 g/mol. The van der Waals surface area contributed by atoms with Crippen molar-refractivity contribution in [2.75, 3.05) is 31.7 Å². The van der Waals surface area contributed by atoms with Crippen LogP contribution in [-0.2, 0) is 0 Å². The number of halogens is 1. The van der Waals surface area contributed by atoms with Crippen LogP contribution in [0.25, 0.3) is 0 Å². The highest BCUT2D eigenvalue weighted by Gasteiger charge is 2.23. The number of nitrogens with two attached hydrogens (primary N) is 1. The third kappa shape index (κ3) is 4.54. The van der Waals surface area contributed by atoms with Crippen LogP contribution < -0.4 is 10.5 Å². The minimum Gasteiger partial charge on any atom is -0.492 e. The molecule has 1 aromatic rings. The second-order valence-corrected chi connectivity index (χ2v) is 7.03. The lowest BCUT2D eigenvalue weighted by Gasteiger charge is -2.31. The zero-order valence-electron chi connectivity index (χ0n) is 12.9.